The van der Waals surface area contributed by atoms with Crippen LogP contribution in [0.1, 0.15) is 54.2 Å². The van der Waals surface area contributed by atoms with Crippen molar-refractivity contribution in [3.8, 4) is 0 Å². The quantitative estimate of drug-likeness (QED) is 0.535. The summed E-state index contributed by atoms with van der Waals surface area (Å²) in [6.45, 7) is 11.0. The fraction of sp³-hybridized carbons (Fsp3) is 0.500. The summed E-state index contributed by atoms with van der Waals surface area (Å²) in [6, 6.07) is 17.1. The van der Waals surface area contributed by atoms with E-state index in [1.54, 1.807) is 5.56 Å². The van der Waals surface area contributed by atoms with Crippen molar-refractivity contribution >= 4 is 22.5 Å². The monoisotopic (exact) mass is 470 g/mol. The second-order valence-electron chi connectivity index (χ2n) is 11.3. The molecule has 1 amide bonds. The maximum Gasteiger partial charge on any atom is 0.270 e. The van der Waals surface area contributed by atoms with Crippen molar-refractivity contribution in [1.29, 1.82) is 0 Å². The Hall–Kier alpha value is -2.79. The third kappa shape index (κ3) is 4.14. The van der Waals surface area contributed by atoms with Crippen molar-refractivity contribution in [3.63, 3.8) is 0 Å². The van der Waals surface area contributed by atoms with Gasteiger partial charge in [0.05, 0.1) is 0 Å². The van der Waals surface area contributed by atoms with Crippen molar-refractivity contribution in [2.75, 3.05) is 44.6 Å². The number of anilines is 1. The molecule has 184 valence electrons. The van der Waals surface area contributed by atoms with Crippen molar-refractivity contribution in [1.82, 2.24) is 14.8 Å². The lowest BCUT2D eigenvalue weighted by atomic mass is 9.67. The van der Waals surface area contributed by atoms with E-state index in [2.05, 4.69) is 53.3 Å². The molecule has 5 nitrogen and oxygen atoms in total. The lowest BCUT2D eigenvalue weighted by molar-refractivity contribution is 0.0659. The predicted molar refractivity (Wildman–Crippen MR) is 143 cm³/mol. The molecule has 35 heavy (non-hydrogen) atoms. The number of carbonyl (C=O) groups is 1. The van der Waals surface area contributed by atoms with Crippen LogP contribution in [-0.4, -0.2) is 60.0 Å². The first-order valence-corrected chi connectivity index (χ1v) is 13.5. The Morgan fingerprint density at radius 1 is 1.09 bits per heavy atom. The Bertz CT molecular complexity index is 1190. The molecule has 2 atom stereocenters. The minimum Gasteiger partial charge on any atom is -0.384 e. The van der Waals surface area contributed by atoms with Crippen LogP contribution in [0.2, 0.25) is 0 Å². The number of aromatic amines is 1. The van der Waals surface area contributed by atoms with Crippen LogP contribution in [0.4, 0.5) is 5.69 Å². The Morgan fingerprint density at radius 2 is 1.91 bits per heavy atom. The zero-order valence-electron chi connectivity index (χ0n) is 21.1. The number of hydrogen-bond donors (Lipinski definition) is 2. The minimum absolute atomic E-state index is 0.149. The highest BCUT2D eigenvalue weighted by molar-refractivity contribution is 5.98. The molecule has 2 unspecified atom stereocenters. The fourth-order valence-corrected chi connectivity index (χ4v) is 6.86. The van der Waals surface area contributed by atoms with Crippen molar-refractivity contribution in [2.45, 2.75) is 44.9 Å². The molecule has 4 heterocycles. The summed E-state index contributed by atoms with van der Waals surface area (Å²) in [7, 11) is 0. The maximum atomic E-state index is 13.0. The van der Waals surface area contributed by atoms with Gasteiger partial charge in [-0.25, -0.2) is 0 Å². The Balaban J connectivity index is 0.997. The third-order valence-corrected chi connectivity index (χ3v) is 9.17. The van der Waals surface area contributed by atoms with E-state index in [-0.39, 0.29) is 5.91 Å². The maximum absolute atomic E-state index is 13.0. The fourth-order valence-electron chi connectivity index (χ4n) is 6.86. The standard InChI is InChI=1S/C30H38N4O/c1-21-7-8-25-27(17-21)31-20-30(25)12-16-33(19-22(30)2)13-9-23-10-14-34(15-11-23)29(35)28-18-24-5-3-4-6-26(24)32-28/h3-8,17-18,22-23,31-32H,9-16,19-20H2,1-2H3. The summed E-state index contributed by atoms with van der Waals surface area (Å²) in [5, 5.41) is 4.82. The highest BCUT2D eigenvalue weighted by Crippen LogP contribution is 2.47. The van der Waals surface area contributed by atoms with Crippen LogP contribution in [-0.2, 0) is 5.41 Å². The molecule has 1 spiro atoms. The molecular weight excluding hydrogens is 432 g/mol. The molecule has 5 heteroatoms. The lowest BCUT2D eigenvalue weighted by Crippen LogP contribution is -2.50. The van der Waals surface area contributed by atoms with E-state index in [0.717, 1.165) is 55.0 Å². The molecule has 3 aliphatic rings. The van der Waals surface area contributed by atoms with Crippen molar-refractivity contribution < 1.29 is 4.79 Å². The van der Waals surface area contributed by atoms with Crippen LogP contribution < -0.4 is 5.32 Å². The highest BCUT2D eigenvalue weighted by atomic mass is 16.2. The van der Waals surface area contributed by atoms with Crippen LogP contribution >= 0.6 is 0 Å². The van der Waals surface area contributed by atoms with Crippen molar-refractivity contribution in [2.24, 2.45) is 11.8 Å². The number of amides is 1. The molecule has 2 saturated heterocycles. The largest absolute Gasteiger partial charge is 0.384 e. The smallest absolute Gasteiger partial charge is 0.270 e. The number of aromatic nitrogens is 1. The zero-order chi connectivity index (χ0) is 24.0. The summed E-state index contributed by atoms with van der Waals surface area (Å²) in [5.74, 6) is 1.53. The van der Waals surface area contributed by atoms with Gasteiger partial charge in [-0.1, -0.05) is 37.3 Å². The van der Waals surface area contributed by atoms with E-state index in [9.17, 15) is 4.79 Å². The van der Waals surface area contributed by atoms with Crippen LogP contribution in [0.3, 0.4) is 0 Å². The van der Waals surface area contributed by atoms with Gasteiger partial charge >= 0.3 is 0 Å². The van der Waals surface area contributed by atoms with Crippen LogP contribution in [0, 0.1) is 18.8 Å². The summed E-state index contributed by atoms with van der Waals surface area (Å²) in [6.07, 6.45) is 4.74. The summed E-state index contributed by atoms with van der Waals surface area (Å²) < 4.78 is 0. The Kier molecular flexibility index (Phi) is 5.84. The van der Waals surface area contributed by atoms with E-state index in [4.69, 9.17) is 0 Å². The first-order valence-electron chi connectivity index (χ1n) is 13.5. The third-order valence-electron chi connectivity index (χ3n) is 9.17. The number of nitrogens with zero attached hydrogens (tertiary/aromatic N) is 2. The summed E-state index contributed by atoms with van der Waals surface area (Å²) in [5.41, 5.74) is 6.30. The number of piperidine rings is 2. The van der Waals surface area contributed by atoms with Gasteiger partial charge in [0, 0.05) is 48.2 Å². The average Bonchev–Trinajstić information content (AvgIpc) is 3.47. The normalized spacial score (nSPS) is 25.2. The summed E-state index contributed by atoms with van der Waals surface area (Å²) >= 11 is 0. The molecule has 3 aliphatic heterocycles. The van der Waals surface area contributed by atoms with Gasteiger partial charge in [0.1, 0.15) is 5.69 Å². The lowest BCUT2D eigenvalue weighted by Gasteiger charge is -2.45. The minimum atomic E-state index is 0.149. The Labute approximate surface area is 208 Å². The van der Waals surface area contributed by atoms with Crippen LogP contribution in [0.15, 0.2) is 48.5 Å². The SMILES string of the molecule is Cc1ccc2c(c1)NCC21CCN(CCC2CCN(C(=O)c3cc4ccccc4[nH]3)CC2)CC1C. The average molecular weight is 471 g/mol. The molecule has 3 aromatic rings. The van der Waals surface area contributed by atoms with Gasteiger partial charge in [0.25, 0.3) is 5.91 Å². The second kappa shape index (κ2) is 9.02. The molecule has 6 rings (SSSR count). The number of nitrogens with one attached hydrogen (secondary N) is 2. The molecular formula is C30H38N4O. The number of fused-ring (bicyclic) bond motifs is 3. The molecule has 0 saturated carbocycles. The van der Waals surface area contributed by atoms with Gasteiger partial charge in [0.15, 0.2) is 0 Å². The Morgan fingerprint density at radius 3 is 2.71 bits per heavy atom. The number of aryl methyl sites for hydroxylation is 1. The van der Waals surface area contributed by atoms with Gasteiger partial charge < -0.3 is 20.1 Å². The summed E-state index contributed by atoms with van der Waals surface area (Å²) in [4.78, 5) is 21.1. The molecule has 2 N–H and O–H groups in total. The number of rotatable bonds is 4. The van der Waals surface area contributed by atoms with Gasteiger partial charge in [0.2, 0.25) is 0 Å². The predicted octanol–water partition coefficient (Wildman–Crippen LogP) is 5.42. The molecule has 0 aliphatic carbocycles. The van der Waals surface area contributed by atoms with E-state index in [1.807, 2.05) is 29.2 Å². The topological polar surface area (TPSA) is 51.4 Å². The second-order valence-corrected chi connectivity index (χ2v) is 11.3. The van der Waals surface area contributed by atoms with Gasteiger partial charge in [-0.2, -0.15) is 0 Å². The van der Waals surface area contributed by atoms with Gasteiger partial charge in [-0.05, 0) is 86.9 Å². The van der Waals surface area contributed by atoms with Gasteiger partial charge in [-0.15, -0.1) is 0 Å². The number of benzene rings is 2. The van der Waals surface area contributed by atoms with E-state index >= 15 is 0 Å². The highest BCUT2D eigenvalue weighted by Gasteiger charge is 2.46. The molecule has 0 radical (unpaired) electrons. The molecule has 1 aromatic heterocycles. The first kappa shape index (κ1) is 22.7. The first-order chi connectivity index (χ1) is 17.0. The number of hydrogen-bond acceptors (Lipinski definition) is 3. The van der Waals surface area contributed by atoms with Crippen LogP contribution in [0.25, 0.3) is 10.9 Å². The molecule has 0 bridgehead atoms. The molecule has 2 fully saturated rings. The van der Waals surface area contributed by atoms with Crippen molar-refractivity contribution in [3.05, 3.63) is 65.4 Å². The number of H-pyrrole nitrogens is 1. The van der Waals surface area contributed by atoms with E-state index < -0.39 is 0 Å². The number of likely N-dealkylation sites (tertiary alicyclic amines) is 2. The van der Waals surface area contributed by atoms with Gasteiger partial charge in [-0.3, -0.25) is 4.79 Å². The van der Waals surface area contributed by atoms with E-state index in [1.165, 1.54) is 43.7 Å². The molecule has 2 aromatic carbocycles. The van der Waals surface area contributed by atoms with Crippen LogP contribution in [0.5, 0.6) is 0 Å². The number of para-hydroxylation sites is 1. The zero-order valence-corrected chi connectivity index (χ0v) is 21.1. The van der Waals surface area contributed by atoms with E-state index in [0.29, 0.717) is 11.3 Å². The number of carbonyl (C=O) groups excluding carboxylic acids is 1.